The smallest absolute Gasteiger partial charge is 0.255 e. The van der Waals surface area contributed by atoms with Gasteiger partial charge in [0.1, 0.15) is 0 Å². The van der Waals surface area contributed by atoms with Gasteiger partial charge in [-0.3, -0.25) is 9.59 Å². The molecule has 1 heterocycles. The molecule has 17 heavy (non-hydrogen) atoms. The van der Waals surface area contributed by atoms with E-state index in [2.05, 4.69) is 4.98 Å². The molecule has 0 saturated heterocycles. The minimum atomic E-state index is -0.203. The zero-order chi connectivity index (χ0) is 12.7. The summed E-state index contributed by atoms with van der Waals surface area (Å²) in [4.78, 5) is 27.3. The van der Waals surface area contributed by atoms with Crippen LogP contribution in [0.1, 0.15) is 30.1 Å². The van der Waals surface area contributed by atoms with Crippen molar-refractivity contribution in [3.63, 3.8) is 0 Å². The van der Waals surface area contributed by atoms with Crippen LogP contribution < -0.4 is 11.3 Å². The van der Waals surface area contributed by atoms with Gasteiger partial charge < -0.3 is 15.6 Å². The van der Waals surface area contributed by atoms with E-state index in [1.807, 2.05) is 6.92 Å². The van der Waals surface area contributed by atoms with Crippen LogP contribution in [0.4, 0.5) is 0 Å². The number of carbonyl (C=O) groups excluding carboxylic acids is 1. The van der Waals surface area contributed by atoms with Gasteiger partial charge in [-0.2, -0.15) is 0 Å². The molecule has 94 valence electrons. The number of amides is 1. The lowest BCUT2D eigenvalue weighted by Crippen LogP contribution is -2.34. The average Bonchev–Trinajstić information content (AvgIpc) is 2.34. The van der Waals surface area contributed by atoms with Gasteiger partial charge in [0.15, 0.2) is 0 Å². The molecule has 5 heteroatoms. The van der Waals surface area contributed by atoms with E-state index in [-0.39, 0.29) is 11.5 Å². The first kappa shape index (κ1) is 13.4. The van der Waals surface area contributed by atoms with Crippen LogP contribution in [0.25, 0.3) is 0 Å². The number of pyridine rings is 1. The Labute approximate surface area is 101 Å². The van der Waals surface area contributed by atoms with Gasteiger partial charge in [-0.15, -0.1) is 0 Å². The molecule has 0 radical (unpaired) electrons. The monoisotopic (exact) mass is 237 g/mol. The highest BCUT2D eigenvalue weighted by molar-refractivity contribution is 5.93. The summed E-state index contributed by atoms with van der Waals surface area (Å²) < 4.78 is 0. The third-order valence-electron chi connectivity index (χ3n) is 2.44. The van der Waals surface area contributed by atoms with Crippen LogP contribution in [0, 0.1) is 0 Å². The Bertz CT molecular complexity index is 394. The molecular weight excluding hydrogens is 218 g/mol. The Balaban J connectivity index is 2.75. The van der Waals surface area contributed by atoms with Crippen molar-refractivity contribution in [1.82, 2.24) is 9.88 Å². The van der Waals surface area contributed by atoms with Crippen LogP contribution in [-0.2, 0) is 0 Å². The van der Waals surface area contributed by atoms with E-state index in [4.69, 9.17) is 5.73 Å². The van der Waals surface area contributed by atoms with Gasteiger partial charge in [-0.1, -0.05) is 6.92 Å². The van der Waals surface area contributed by atoms with E-state index >= 15 is 0 Å². The van der Waals surface area contributed by atoms with Crippen LogP contribution in [0.15, 0.2) is 23.1 Å². The summed E-state index contributed by atoms with van der Waals surface area (Å²) in [5, 5.41) is 0. The fraction of sp³-hybridized carbons (Fsp3) is 0.500. The van der Waals surface area contributed by atoms with Gasteiger partial charge in [0, 0.05) is 25.4 Å². The van der Waals surface area contributed by atoms with E-state index < -0.39 is 0 Å². The number of hydrogen-bond donors (Lipinski definition) is 2. The van der Waals surface area contributed by atoms with Crippen molar-refractivity contribution in [3.8, 4) is 0 Å². The van der Waals surface area contributed by atoms with Crippen molar-refractivity contribution in [2.75, 3.05) is 19.6 Å². The summed E-state index contributed by atoms with van der Waals surface area (Å²) >= 11 is 0. The Kier molecular flexibility index (Phi) is 5.42. The zero-order valence-electron chi connectivity index (χ0n) is 10.1. The van der Waals surface area contributed by atoms with Crippen molar-refractivity contribution in [2.24, 2.45) is 5.73 Å². The second-order valence-electron chi connectivity index (χ2n) is 3.88. The highest BCUT2D eigenvalue weighted by Crippen LogP contribution is 2.03. The quantitative estimate of drug-likeness (QED) is 0.759. The second-order valence-corrected chi connectivity index (χ2v) is 3.88. The minimum absolute atomic E-state index is 0.0587. The molecule has 1 rings (SSSR count). The Morgan fingerprint density at radius 2 is 2.18 bits per heavy atom. The number of rotatable bonds is 6. The molecule has 0 saturated carbocycles. The fourth-order valence-electron chi connectivity index (χ4n) is 1.59. The number of nitrogens with two attached hydrogens (primary N) is 1. The molecule has 0 aliphatic carbocycles. The lowest BCUT2D eigenvalue weighted by Gasteiger charge is -2.21. The second kappa shape index (κ2) is 6.85. The summed E-state index contributed by atoms with van der Waals surface area (Å²) in [7, 11) is 0. The van der Waals surface area contributed by atoms with E-state index in [0.717, 1.165) is 12.8 Å². The number of H-pyrrole nitrogens is 1. The minimum Gasteiger partial charge on any atom is -0.339 e. The SMILES string of the molecule is CCCN(CCCN)C(=O)c1ccc(=O)[nH]c1. The Hall–Kier alpha value is -1.62. The number of aromatic amines is 1. The van der Waals surface area contributed by atoms with Crippen molar-refractivity contribution in [3.05, 3.63) is 34.2 Å². The van der Waals surface area contributed by atoms with Gasteiger partial charge in [-0.05, 0) is 25.5 Å². The summed E-state index contributed by atoms with van der Waals surface area (Å²) in [5.74, 6) is -0.0587. The van der Waals surface area contributed by atoms with Gasteiger partial charge in [0.25, 0.3) is 5.91 Å². The summed E-state index contributed by atoms with van der Waals surface area (Å²) in [6, 6.07) is 2.91. The Morgan fingerprint density at radius 3 is 2.71 bits per heavy atom. The predicted molar refractivity (Wildman–Crippen MR) is 66.9 cm³/mol. The van der Waals surface area contributed by atoms with Gasteiger partial charge in [-0.25, -0.2) is 0 Å². The zero-order valence-corrected chi connectivity index (χ0v) is 10.1. The number of aromatic nitrogens is 1. The first-order valence-electron chi connectivity index (χ1n) is 5.87. The lowest BCUT2D eigenvalue weighted by molar-refractivity contribution is 0.0754. The molecule has 1 amide bonds. The molecule has 0 aliphatic rings. The molecule has 0 fully saturated rings. The highest BCUT2D eigenvalue weighted by atomic mass is 16.2. The van der Waals surface area contributed by atoms with E-state index in [0.29, 0.717) is 25.2 Å². The van der Waals surface area contributed by atoms with Crippen LogP contribution in [0.3, 0.4) is 0 Å². The number of nitrogens with one attached hydrogen (secondary N) is 1. The molecule has 0 atom stereocenters. The summed E-state index contributed by atoms with van der Waals surface area (Å²) in [6.07, 6.45) is 3.14. The normalized spacial score (nSPS) is 10.2. The summed E-state index contributed by atoms with van der Waals surface area (Å²) in [5.41, 5.74) is 5.75. The molecule has 1 aromatic rings. The first-order valence-corrected chi connectivity index (χ1v) is 5.87. The largest absolute Gasteiger partial charge is 0.339 e. The van der Waals surface area contributed by atoms with Crippen molar-refractivity contribution < 1.29 is 4.79 Å². The highest BCUT2D eigenvalue weighted by Gasteiger charge is 2.14. The molecule has 0 bridgehead atoms. The van der Waals surface area contributed by atoms with Crippen LogP contribution in [0.2, 0.25) is 0 Å². The van der Waals surface area contributed by atoms with E-state index in [9.17, 15) is 9.59 Å². The third kappa shape index (κ3) is 4.03. The third-order valence-corrected chi connectivity index (χ3v) is 2.44. The summed E-state index contributed by atoms with van der Waals surface area (Å²) in [6.45, 7) is 3.95. The maximum atomic E-state index is 12.1. The molecule has 0 spiro atoms. The molecule has 0 unspecified atom stereocenters. The maximum absolute atomic E-state index is 12.1. The standard InChI is InChI=1S/C12H19N3O2/c1-2-7-15(8-3-6-13)12(17)10-4-5-11(16)14-9-10/h4-5,9H,2-3,6-8,13H2,1H3,(H,14,16). The molecule has 0 aliphatic heterocycles. The van der Waals surface area contributed by atoms with Gasteiger partial charge in [0.05, 0.1) is 5.56 Å². The van der Waals surface area contributed by atoms with Crippen LogP contribution in [-0.4, -0.2) is 35.4 Å². The molecule has 3 N–H and O–H groups in total. The van der Waals surface area contributed by atoms with E-state index in [1.165, 1.54) is 12.3 Å². The van der Waals surface area contributed by atoms with Crippen LogP contribution >= 0.6 is 0 Å². The topological polar surface area (TPSA) is 79.2 Å². The van der Waals surface area contributed by atoms with Gasteiger partial charge in [0.2, 0.25) is 5.56 Å². The molecule has 5 nitrogen and oxygen atoms in total. The number of hydrogen-bond acceptors (Lipinski definition) is 3. The average molecular weight is 237 g/mol. The van der Waals surface area contributed by atoms with Crippen molar-refractivity contribution in [2.45, 2.75) is 19.8 Å². The Morgan fingerprint density at radius 1 is 1.41 bits per heavy atom. The molecular formula is C12H19N3O2. The lowest BCUT2D eigenvalue weighted by atomic mass is 10.2. The van der Waals surface area contributed by atoms with E-state index in [1.54, 1.807) is 11.0 Å². The van der Waals surface area contributed by atoms with Crippen molar-refractivity contribution >= 4 is 5.91 Å². The van der Waals surface area contributed by atoms with Crippen LogP contribution in [0.5, 0.6) is 0 Å². The number of carbonyl (C=O) groups is 1. The van der Waals surface area contributed by atoms with Gasteiger partial charge >= 0.3 is 0 Å². The molecule has 1 aromatic heterocycles. The maximum Gasteiger partial charge on any atom is 0.255 e. The fourth-order valence-corrected chi connectivity index (χ4v) is 1.59. The number of nitrogens with zero attached hydrogens (tertiary/aromatic N) is 1. The van der Waals surface area contributed by atoms with Crippen molar-refractivity contribution in [1.29, 1.82) is 0 Å². The first-order chi connectivity index (χ1) is 8.19. The molecule has 0 aromatic carbocycles. The predicted octanol–water partition coefficient (Wildman–Crippen LogP) is 0.576.